The molecule has 0 unspecified atom stereocenters. The molecule has 0 bridgehead atoms. The van der Waals surface area contributed by atoms with Crippen LogP contribution in [-0.2, 0) is 13.1 Å². The number of halogens is 1. The number of aliphatic imine (C=N–C) groups is 1. The molecule has 0 aliphatic carbocycles. The number of guanidine groups is 1. The Hall–Kier alpha value is -1.80. The maximum atomic E-state index is 5.92. The van der Waals surface area contributed by atoms with E-state index >= 15 is 0 Å². The van der Waals surface area contributed by atoms with Crippen molar-refractivity contribution in [2.24, 2.45) is 10.7 Å². The highest BCUT2D eigenvalue weighted by Crippen LogP contribution is 2.14. The summed E-state index contributed by atoms with van der Waals surface area (Å²) in [6.45, 7) is 1.49. The molecule has 2 aromatic rings. The second-order valence-electron chi connectivity index (χ2n) is 5.61. The van der Waals surface area contributed by atoms with Gasteiger partial charge < -0.3 is 20.7 Å². The summed E-state index contributed by atoms with van der Waals surface area (Å²) in [7, 11) is 5.76. The third-order valence-corrected chi connectivity index (χ3v) is 3.32. The third-order valence-electron chi connectivity index (χ3n) is 3.32. The minimum atomic E-state index is 0. The maximum Gasteiger partial charge on any atom is 0.193 e. The van der Waals surface area contributed by atoms with Crippen molar-refractivity contribution >= 4 is 35.6 Å². The van der Waals surface area contributed by atoms with Crippen molar-refractivity contribution in [3.63, 3.8) is 0 Å². The first kappa shape index (κ1) is 20.2. The first-order valence-electron chi connectivity index (χ1n) is 7.50. The molecule has 0 fully saturated rings. The van der Waals surface area contributed by atoms with Gasteiger partial charge in [0, 0.05) is 12.2 Å². The van der Waals surface area contributed by atoms with E-state index in [1.165, 1.54) is 5.56 Å². The van der Waals surface area contributed by atoms with Gasteiger partial charge in [0.05, 0.1) is 13.7 Å². The minimum absolute atomic E-state index is 0. The summed E-state index contributed by atoms with van der Waals surface area (Å²) in [6, 6.07) is 16.0. The van der Waals surface area contributed by atoms with Crippen molar-refractivity contribution in [3.05, 3.63) is 59.7 Å². The summed E-state index contributed by atoms with van der Waals surface area (Å²) < 4.78 is 5.12. The van der Waals surface area contributed by atoms with Crippen LogP contribution in [0, 0.1) is 0 Å². The Morgan fingerprint density at radius 3 is 2.17 bits per heavy atom. The van der Waals surface area contributed by atoms with E-state index < -0.39 is 0 Å². The van der Waals surface area contributed by atoms with Gasteiger partial charge >= 0.3 is 0 Å². The number of hydrogen-bond acceptors (Lipinski definition) is 3. The first-order chi connectivity index (χ1) is 11.1. The normalized spacial score (nSPS) is 11.1. The fraction of sp³-hybridized carbons (Fsp3) is 0.278. The van der Waals surface area contributed by atoms with Gasteiger partial charge in [-0.2, -0.15) is 0 Å². The standard InChI is InChI=1S/C18H24N4O.HI/c1-22(2)13-15-6-4-14(5-7-15)12-20-18(19)21-16-8-10-17(23-3)11-9-16;/h4-11H,12-13H2,1-3H3,(H3,19,20,21);1H. The molecule has 0 radical (unpaired) electrons. The summed E-state index contributed by atoms with van der Waals surface area (Å²) in [5.41, 5.74) is 9.22. The Bertz CT molecular complexity index is 639. The van der Waals surface area contributed by atoms with Crippen LogP contribution in [0.5, 0.6) is 5.75 Å². The van der Waals surface area contributed by atoms with Gasteiger partial charge in [-0.15, -0.1) is 24.0 Å². The average Bonchev–Trinajstić information content (AvgIpc) is 2.54. The smallest absolute Gasteiger partial charge is 0.193 e. The molecule has 2 rings (SSSR count). The summed E-state index contributed by atoms with van der Waals surface area (Å²) in [4.78, 5) is 6.51. The van der Waals surface area contributed by atoms with Gasteiger partial charge in [0.1, 0.15) is 5.75 Å². The van der Waals surface area contributed by atoms with Crippen molar-refractivity contribution in [2.75, 3.05) is 26.5 Å². The molecule has 0 aliphatic rings. The summed E-state index contributed by atoms with van der Waals surface area (Å²) in [6.07, 6.45) is 0. The van der Waals surface area contributed by atoms with Crippen LogP contribution in [0.25, 0.3) is 0 Å². The minimum Gasteiger partial charge on any atom is -0.497 e. The Kier molecular flexibility index (Phi) is 8.56. The van der Waals surface area contributed by atoms with E-state index in [4.69, 9.17) is 10.5 Å². The van der Waals surface area contributed by atoms with Crippen LogP contribution >= 0.6 is 24.0 Å². The Morgan fingerprint density at radius 1 is 1.04 bits per heavy atom. The number of anilines is 1. The highest BCUT2D eigenvalue weighted by molar-refractivity contribution is 14.0. The second kappa shape index (κ2) is 10.1. The molecule has 0 aliphatic heterocycles. The molecular weight excluding hydrogens is 415 g/mol. The molecular formula is C18H25IN4O. The maximum absolute atomic E-state index is 5.92. The summed E-state index contributed by atoms with van der Waals surface area (Å²) >= 11 is 0. The molecule has 130 valence electrons. The number of nitrogens with two attached hydrogens (primary N) is 1. The molecule has 0 saturated heterocycles. The van der Waals surface area contributed by atoms with E-state index in [1.807, 2.05) is 24.3 Å². The highest BCUT2D eigenvalue weighted by atomic mass is 127. The Morgan fingerprint density at radius 2 is 1.62 bits per heavy atom. The summed E-state index contributed by atoms with van der Waals surface area (Å²) in [5.74, 6) is 1.21. The molecule has 0 atom stereocenters. The first-order valence-corrected chi connectivity index (χ1v) is 7.50. The lowest BCUT2D eigenvalue weighted by Gasteiger charge is -2.10. The number of nitrogens with zero attached hydrogens (tertiary/aromatic N) is 2. The van der Waals surface area contributed by atoms with Crippen LogP contribution in [0.1, 0.15) is 11.1 Å². The van der Waals surface area contributed by atoms with E-state index in [0.29, 0.717) is 12.5 Å². The number of rotatable bonds is 6. The molecule has 2 aromatic carbocycles. The van der Waals surface area contributed by atoms with E-state index in [1.54, 1.807) is 7.11 Å². The highest BCUT2D eigenvalue weighted by Gasteiger charge is 1.98. The molecule has 0 saturated carbocycles. The van der Waals surface area contributed by atoms with Crippen LogP contribution in [0.3, 0.4) is 0 Å². The van der Waals surface area contributed by atoms with Crippen LogP contribution in [0.15, 0.2) is 53.5 Å². The van der Waals surface area contributed by atoms with Crippen molar-refractivity contribution < 1.29 is 4.74 Å². The number of benzene rings is 2. The Balaban J connectivity index is 0.00000288. The average molecular weight is 440 g/mol. The van der Waals surface area contributed by atoms with E-state index in [0.717, 1.165) is 23.5 Å². The van der Waals surface area contributed by atoms with Gasteiger partial charge in [-0.3, -0.25) is 0 Å². The summed E-state index contributed by atoms with van der Waals surface area (Å²) in [5, 5.41) is 3.07. The van der Waals surface area contributed by atoms with Crippen molar-refractivity contribution in [1.82, 2.24) is 4.90 Å². The second-order valence-corrected chi connectivity index (χ2v) is 5.61. The zero-order valence-corrected chi connectivity index (χ0v) is 16.7. The van der Waals surface area contributed by atoms with Gasteiger partial charge in [0.15, 0.2) is 5.96 Å². The van der Waals surface area contributed by atoms with Crippen LogP contribution in [-0.4, -0.2) is 32.1 Å². The topological polar surface area (TPSA) is 62.9 Å². The zero-order valence-electron chi connectivity index (χ0n) is 14.3. The molecule has 5 nitrogen and oxygen atoms in total. The molecule has 0 spiro atoms. The van der Waals surface area contributed by atoms with Gasteiger partial charge in [-0.1, -0.05) is 24.3 Å². The number of nitrogens with one attached hydrogen (secondary N) is 1. The quantitative estimate of drug-likeness (QED) is 0.411. The van der Waals surface area contributed by atoms with E-state index in [2.05, 4.69) is 53.6 Å². The van der Waals surface area contributed by atoms with Crippen molar-refractivity contribution in [3.8, 4) is 5.75 Å². The van der Waals surface area contributed by atoms with Gasteiger partial charge in [-0.25, -0.2) is 4.99 Å². The predicted octanol–water partition coefficient (Wildman–Crippen LogP) is 3.30. The molecule has 3 N–H and O–H groups in total. The fourth-order valence-electron chi connectivity index (χ4n) is 2.15. The SMILES string of the molecule is COc1ccc(NC(N)=NCc2ccc(CN(C)C)cc2)cc1.I. The number of hydrogen-bond donors (Lipinski definition) is 2. The monoisotopic (exact) mass is 440 g/mol. The van der Waals surface area contributed by atoms with Crippen LogP contribution in [0.2, 0.25) is 0 Å². The van der Waals surface area contributed by atoms with Crippen LogP contribution < -0.4 is 15.8 Å². The molecule has 0 aromatic heterocycles. The fourth-order valence-corrected chi connectivity index (χ4v) is 2.15. The largest absolute Gasteiger partial charge is 0.497 e. The van der Waals surface area contributed by atoms with Gasteiger partial charge in [0.2, 0.25) is 0 Å². The zero-order chi connectivity index (χ0) is 16.7. The van der Waals surface area contributed by atoms with E-state index in [9.17, 15) is 0 Å². The molecule has 0 heterocycles. The molecule has 6 heteroatoms. The van der Waals surface area contributed by atoms with Gasteiger partial charge in [-0.05, 0) is 49.5 Å². The molecule has 0 amide bonds. The lowest BCUT2D eigenvalue weighted by Crippen LogP contribution is -2.22. The predicted molar refractivity (Wildman–Crippen MR) is 111 cm³/mol. The third kappa shape index (κ3) is 6.76. The lowest BCUT2D eigenvalue weighted by atomic mass is 10.1. The Labute approximate surface area is 160 Å². The lowest BCUT2D eigenvalue weighted by molar-refractivity contribution is 0.402. The van der Waals surface area contributed by atoms with Crippen LogP contribution in [0.4, 0.5) is 5.69 Å². The van der Waals surface area contributed by atoms with Crippen molar-refractivity contribution in [1.29, 1.82) is 0 Å². The molecule has 24 heavy (non-hydrogen) atoms. The van der Waals surface area contributed by atoms with Gasteiger partial charge in [0.25, 0.3) is 0 Å². The van der Waals surface area contributed by atoms with E-state index in [-0.39, 0.29) is 24.0 Å². The van der Waals surface area contributed by atoms with Crippen molar-refractivity contribution in [2.45, 2.75) is 13.1 Å². The number of ether oxygens (including phenoxy) is 1. The number of methoxy groups -OCH3 is 1.